The Hall–Kier alpha value is -4.25. The number of methoxy groups -OCH3 is 1. The lowest BCUT2D eigenvalue weighted by atomic mass is 10.1. The van der Waals surface area contributed by atoms with E-state index in [1.165, 1.54) is 0 Å². The van der Waals surface area contributed by atoms with E-state index in [4.69, 9.17) is 14.2 Å². The van der Waals surface area contributed by atoms with Crippen molar-refractivity contribution in [3.8, 4) is 17.2 Å². The van der Waals surface area contributed by atoms with Gasteiger partial charge in [-0.25, -0.2) is 0 Å². The van der Waals surface area contributed by atoms with Crippen molar-refractivity contribution in [2.75, 3.05) is 7.11 Å². The molecule has 164 valence electrons. The van der Waals surface area contributed by atoms with E-state index in [0.717, 1.165) is 33.3 Å². The molecule has 0 unspecified atom stereocenters. The monoisotopic (exact) mass is 437 g/mol. The third-order valence-corrected chi connectivity index (χ3v) is 5.78. The van der Waals surface area contributed by atoms with E-state index >= 15 is 0 Å². The van der Waals surface area contributed by atoms with E-state index in [1.807, 2.05) is 60.3 Å². The Labute approximate surface area is 192 Å². The highest BCUT2D eigenvalue weighted by atomic mass is 16.5. The summed E-state index contributed by atoms with van der Waals surface area (Å²) in [6, 6.07) is 19.2. The predicted molar refractivity (Wildman–Crippen MR) is 130 cm³/mol. The number of carbonyl (C=O) groups excluding carboxylic acids is 1. The van der Waals surface area contributed by atoms with Gasteiger partial charge in [0.2, 0.25) is 5.78 Å². The number of allylic oxidation sites excluding steroid dienone is 1. The van der Waals surface area contributed by atoms with E-state index in [2.05, 4.69) is 6.58 Å². The summed E-state index contributed by atoms with van der Waals surface area (Å²) < 4.78 is 19.2. The van der Waals surface area contributed by atoms with Crippen LogP contribution in [0.25, 0.3) is 23.1 Å². The molecule has 5 rings (SSSR count). The highest BCUT2D eigenvalue weighted by molar-refractivity contribution is 6.15. The van der Waals surface area contributed by atoms with Crippen LogP contribution in [-0.4, -0.2) is 17.5 Å². The molecule has 0 radical (unpaired) electrons. The van der Waals surface area contributed by atoms with Gasteiger partial charge in [-0.15, -0.1) is 0 Å². The van der Waals surface area contributed by atoms with Crippen molar-refractivity contribution in [2.24, 2.45) is 7.05 Å². The summed E-state index contributed by atoms with van der Waals surface area (Å²) in [5, 5.41) is 0.989. The zero-order valence-electron chi connectivity index (χ0n) is 18.5. The maximum absolute atomic E-state index is 12.9. The summed E-state index contributed by atoms with van der Waals surface area (Å²) in [6.45, 7) is 4.19. The molecule has 0 aliphatic carbocycles. The average Bonchev–Trinajstić information content (AvgIpc) is 3.33. The number of fused-ring (bicyclic) bond motifs is 2. The molecular formula is C28H23NO4. The van der Waals surface area contributed by atoms with Crippen LogP contribution in [0.2, 0.25) is 0 Å². The Morgan fingerprint density at radius 1 is 1.03 bits per heavy atom. The second-order valence-corrected chi connectivity index (χ2v) is 7.91. The van der Waals surface area contributed by atoms with Crippen LogP contribution in [0.1, 0.15) is 27.0 Å². The highest BCUT2D eigenvalue weighted by Crippen LogP contribution is 2.36. The van der Waals surface area contributed by atoms with Gasteiger partial charge in [0.1, 0.15) is 23.9 Å². The van der Waals surface area contributed by atoms with Crippen LogP contribution in [0.3, 0.4) is 0 Å². The molecule has 0 spiro atoms. The summed E-state index contributed by atoms with van der Waals surface area (Å²) in [7, 11) is 3.61. The van der Waals surface area contributed by atoms with E-state index in [1.54, 1.807) is 37.5 Å². The summed E-state index contributed by atoms with van der Waals surface area (Å²) in [5.74, 6) is 2.05. The number of aromatic nitrogens is 1. The lowest BCUT2D eigenvalue weighted by Crippen LogP contribution is -1.98. The number of rotatable bonds is 6. The molecule has 0 bridgehead atoms. The minimum Gasteiger partial charge on any atom is -0.497 e. The SMILES string of the molecule is C=Cc1ccc(COc2ccc3c(c2)O/C(=C\c2cn(C)c4ccc(OC)cc24)C3=O)cc1. The van der Waals surface area contributed by atoms with Crippen LogP contribution in [0.4, 0.5) is 0 Å². The second-order valence-electron chi connectivity index (χ2n) is 7.91. The normalized spacial score (nSPS) is 13.8. The first-order valence-electron chi connectivity index (χ1n) is 10.6. The highest BCUT2D eigenvalue weighted by Gasteiger charge is 2.28. The molecule has 0 fully saturated rings. The third kappa shape index (κ3) is 3.89. The molecule has 5 nitrogen and oxygen atoms in total. The lowest BCUT2D eigenvalue weighted by molar-refractivity contribution is 0.101. The van der Waals surface area contributed by atoms with E-state index < -0.39 is 0 Å². The molecule has 4 aromatic rings. The number of aryl methyl sites for hydroxylation is 1. The number of carbonyl (C=O) groups is 1. The van der Waals surface area contributed by atoms with Crippen LogP contribution in [0, 0.1) is 0 Å². The van der Waals surface area contributed by atoms with Gasteiger partial charge in [-0.05, 0) is 47.5 Å². The molecule has 1 aliphatic rings. The fraction of sp³-hybridized carbons (Fsp3) is 0.107. The maximum atomic E-state index is 12.9. The number of hydrogen-bond acceptors (Lipinski definition) is 4. The molecule has 5 heteroatoms. The van der Waals surface area contributed by atoms with Gasteiger partial charge in [0.25, 0.3) is 0 Å². The Morgan fingerprint density at radius 2 is 1.82 bits per heavy atom. The number of hydrogen-bond donors (Lipinski definition) is 0. The van der Waals surface area contributed by atoms with Gasteiger partial charge in [-0.2, -0.15) is 0 Å². The molecular weight excluding hydrogens is 414 g/mol. The van der Waals surface area contributed by atoms with Crippen molar-refractivity contribution in [1.82, 2.24) is 4.57 Å². The fourth-order valence-corrected chi connectivity index (χ4v) is 3.96. The summed E-state index contributed by atoms with van der Waals surface area (Å²) in [6.07, 6.45) is 5.56. The zero-order chi connectivity index (χ0) is 22.9. The minimum atomic E-state index is -0.142. The molecule has 33 heavy (non-hydrogen) atoms. The maximum Gasteiger partial charge on any atom is 0.231 e. The molecule has 0 saturated carbocycles. The topological polar surface area (TPSA) is 49.7 Å². The van der Waals surface area contributed by atoms with Crippen molar-refractivity contribution in [3.05, 3.63) is 101 Å². The minimum absolute atomic E-state index is 0.142. The van der Waals surface area contributed by atoms with E-state index in [0.29, 0.717) is 23.7 Å². The number of nitrogens with zero attached hydrogens (tertiary/aromatic N) is 1. The quantitative estimate of drug-likeness (QED) is 0.346. The molecule has 0 N–H and O–H groups in total. The second kappa shape index (κ2) is 8.36. The number of ketones is 1. The smallest absolute Gasteiger partial charge is 0.231 e. The van der Waals surface area contributed by atoms with Crippen molar-refractivity contribution < 1.29 is 19.0 Å². The first-order valence-corrected chi connectivity index (χ1v) is 10.6. The molecule has 3 aromatic carbocycles. The van der Waals surface area contributed by atoms with Gasteiger partial charge in [0, 0.05) is 35.8 Å². The molecule has 0 amide bonds. The molecule has 0 atom stereocenters. The molecule has 1 aliphatic heterocycles. The molecule has 1 aromatic heterocycles. The van der Waals surface area contributed by atoms with Crippen LogP contribution in [0.15, 0.2) is 79.2 Å². The number of Topliss-reactive ketones (excluding diaryl/α,β-unsaturated/α-hetero) is 1. The van der Waals surface area contributed by atoms with Crippen molar-refractivity contribution in [3.63, 3.8) is 0 Å². The average molecular weight is 437 g/mol. The first kappa shape index (κ1) is 20.6. The zero-order valence-corrected chi connectivity index (χ0v) is 18.5. The van der Waals surface area contributed by atoms with Gasteiger partial charge in [-0.1, -0.05) is 36.9 Å². The first-order chi connectivity index (χ1) is 16.1. The van der Waals surface area contributed by atoms with E-state index in [9.17, 15) is 4.79 Å². The third-order valence-electron chi connectivity index (χ3n) is 5.78. The Bertz CT molecular complexity index is 1410. The van der Waals surface area contributed by atoms with Gasteiger partial charge in [0.15, 0.2) is 5.76 Å². The Morgan fingerprint density at radius 3 is 2.58 bits per heavy atom. The van der Waals surface area contributed by atoms with E-state index in [-0.39, 0.29) is 11.5 Å². The fourth-order valence-electron chi connectivity index (χ4n) is 3.96. The Balaban J connectivity index is 1.38. The number of benzene rings is 3. The van der Waals surface area contributed by atoms with Crippen molar-refractivity contribution >= 4 is 28.8 Å². The van der Waals surface area contributed by atoms with Gasteiger partial charge in [0.05, 0.1) is 12.7 Å². The summed E-state index contributed by atoms with van der Waals surface area (Å²) in [5.41, 5.74) is 4.57. The predicted octanol–water partition coefficient (Wildman–Crippen LogP) is 6.03. The number of ether oxygens (including phenoxy) is 3. The summed E-state index contributed by atoms with van der Waals surface area (Å²) >= 11 is 0. The van der Waals surface area contributed by atoms with Crippen LogP contribution >= 0.6 is 0 Å². The standard InChI is InChI=1S/C28H23NO4/c1-4-18-5-7-19(8-6-18)17-32-22-9-11-23-26(15-22)33-27(28(23)30)13-20-16-29(2)25-12-10-21(31-3)14-24(20)25/h4-16H,1,17H2,2-3H3/b27-13-. The van der Waals surface area contributed by atoms with Gasteiger partial charge < -0.3 is 18.8 Å². The van der Waals surface area contributed by atoms with Crippen molar-refractivity contribution in [2.45, 2.75) is 6.61 Å². The Kier molecular flexibility index (Phi) is 5.23. The summed E-state index contributed by atoms with van der Waals surface area (Å²) in [4.78, 5) is 12.9. The molecule has 0 saturated heterocycles. The van der Waals surface area contributed by atoms with Crippen LogP contribution < -0.4 is 14.2 Å². The van der Waals surface area contributed by atoms with Crippen LogP contribution in [0.5, 0.6) is 17.2 Å². The van der Waals surface area contributed by atoms with Gasteiger partial charge >= 0.3 is 0 Å². The largest absolute Gasteiger partial charge is 0.497 e. The van der Waals surface area contributed by atoms with Crippen molar-refractivity contribution in [1.29, 1.82) is 0 Å². The van der Waals surface area contributed by atoms with Gasteiger partial charge in [-0.3, -0.25) is 4.79 Å². The lowest BCUT2D eigenvalue weighted by Gasteiger charge is -2.07. The molecule has 2 heterocycles. The van der Waals surface area contributed by atoms with Crippen LogP contribution in [-0.2, 0) is 13.7 Å².